The lowest BCUT2D eigenvalue weighted by Crippen LogP contribution is -2.47. The Balaban J connectivity index is 1.70. The molecular weight excluding hydrogens is 330 g/mol. The van der Waals surface area contributed by atoms with E-state index in [1.54, 1.807) is 0 Å². The third kappa shape index (κ3) is 3.58. The molecule has 0 radical (unpaired) electrons. The molecular formula is C25H29NO. The Kier molecular flexibility index (Phi) is 4.67. The molecule has 1 amide bonds. The maximum Gasteiger partial charge on any atom is 0.254 e. The zero-order chi connectivity index (χ0) is 19.0. The highest BCUT2D eigenvalue weighted by Gasteiger charge is 2.37. The summed E-state index contributed by atoms with van der Waals surface area (Å²) in [7, 11) is 0. The van der Waals surface area contributed by atoms with E-state index in [9.17, 15) is 4.79 Å². The SMILES string of the molecule is CC(C)(C)[C@@H]1CC2=CCCC=C2CCN1C(=O)c1ccc2ccccc2c1. The molecule has 27 heavy (non-hydrogen) atoms. The quantitative estimate of drug-likeness (QED) is 0.599. The van der Waals surface area contributed by atoms with Crippen molar-refractivity contribution in [1.82, 2.24) is 4.90 Å². The number of likely N-dealkylation sites (tertiary alicyclic amines) is 1. The molecule has 0 bridgehead atoms. The van der Waals surface area contributed by atoms with Crippen molar-refractivity contribution >= 4 is 16.7 Å². The molecule has 2 aliphatic rings. The van der Waals surface area contributed by atoms with Crippen molar-refractivity contribution in [1.29, 1.82) is 0 Å². The molecule has 0 unspecified atom stereocenters. The van der Waals surface area contributed by atoms with Crippen molar-refractivity contribution in [3.05, 3.63) is 71.3 Å². The van der Waals surface area contributed by atoms with Crippen LogP contribution >= 0.6 is 0 Å². The topological polar surface area (TPSA) is 20.3 Å². The lowest BCUT2D eigenvalue weighted by atomic mass is 9.80. The van der Waals surface area contributed by atoms with E-state index in [2.05, 4.69) is 56.0 Å². The second-order valence-corrected chi connectivity index (χ2v) is 8.93. The van der Waals surface area contributed by atoms with Gasteiger partial charge in [-0.15, -0.1) is 0 Å². The van der Waals surface area contributed by atoms with E-state index in [0.29, 0.717) is 0 Å². The zero-order valence-electron chi connectivity index (χ0n) is 16.7. The molecule has 2 heteroatoms. The molecule has 4 rings (SSSR count). The largest absolute Gasteiger partial charge is 0.334 e. The summed E-state index contributed by atoms with van der Waals surface area (Å²) in [6.45, 7) is 7.58. The van der Waals surface area contributed by atoms with Crippen LogP contribution in [0.1, 0.15) is 56.8 Å². The molecule has 1 aliphatic heterocycles. The van der Waals surface area contributed by atoms with Gasteiger partial charge in [0.15, 0.2) is 0 Å². The highest BCUT2D eigenvalue weighted by atomic mass is 16.2. The van der Waals surface area contributed by atoms with E-state index >= 15 is 0 Å². The summed E-state index contributed by atoms with van der Waals surface area (Å²) in [5.41, 5.74) is 3.77. The lowest BCUT2D eigenvalue weighted by Gasteiger charge is -2.39. The molecule has 2 aromatic rings. The first-order chi connectivity index (χ1) is 12.9. The van der Waals surface area contributed by atoms with Gasteiger partial charge in [-0.05, 0) is 65.1 Å². The van der Waals surface area contributed by atoms with Crippen molar-refractivity contribution in [2.24, 2.45) is 5.41 Å². The van der Waals surface area contributed by atoms with E-state index in [1.807, 2.05) is 24.3 Å². The van der Waals surface area contributed by atoms with Crippen molar-refractivity contribution in [3.63, 3.8) is 0 Å². The van der Waals surface area contributed by atoms with Crippen LogP contribution in [0.5, 0.6) is 0 Å². The van der Waals surface area contributed by atoms with E-state index < -0.39 is 0 Å². The summed E-state index contributed by atoms with van der Waals surface area (Å²) in [5, 5.41) is 2.31. The number of rotatable bonds is 1. The Morgan fingerprint density at radius 1 is 0.963 bits per heavy atom. The van der Waals surface area contributed by atoms with Gasteiger partial charge in [-0.25, -0.2) is 0 Å². The van der Waals surface area contributed by atoms with Crippen LogP contribution < -0.4 is 0 Å². The molecule has 1 aliphatic carbocycles. The average molecular weight is 360 g/mol. The van der Waals surface area contributed by atoms with Crippen LogP contribution in [0.2, 0.25) is 0 Å². The monoisotopic (exact) mass is 359 g/mol. The minimum Gasteiger partial charge on any atom is -0.334 e. The van der Waals surface area contributed by atoms with Crippen LogP contribution in [-0.4, -0.2) is 23.4 Å². The Hall–Kier alpha value is -2.35. The van der Waals surface area contributed by atoms with Gasteiger partial charge in [-0.3, -0.25) is 4.79 Å². The van der Waals surface area contributed by atoms with E-state index in [4.69, 9.17) is 0 Å². The number of benzene rings is 2. The summed E-state index contributed by atoms with van der Waals surface area (Å²) in [6, 6.07) is 14.6. The molecule has 1 heterocycles. The van der Waals surface area contributed by atoms with Gasteiger partial charge in [0, 0.05) is 18.2 Å². The first-order valence-corrected chi connectivity index (χ1v) is 10.1. The molecule has 1 atom stereocenters. The standard InChI is InChI=1S/C25H29NO/c1-25(2,3)23-17-21-11-7-5-9-19(21)14-15-26(23)24(27)22-13-12-18-8-4-6-10-20(18)16-22/h4,6,8-13,16,23H,5,7,14-15,17H2,1-3H3/t23-/m0/s1. The Bertz CT molecular complexity index is 929. The van der Waals surface area contributed by atoms with Crippen LogP contribution in [0.4, 0.5) is 0 Å². The number of nitrogens with zero attached hydrogens (tertiary/aromatic N) is 1. The van der Waals surface area contributed by atoms with Crippen LogP contribution in [0.15, 0.2) is 65.8 Å². The molecule has 0 spiro atoms. The van der Waals surface area contributed by atoms with Gasteiger partial charge in [0.25, 0.3) is 5.91 Å². The van der Waals surface area contributed by atoms with Crippen molar-refractivity contribution in [2.45, 2.75) is 52.5 Å². The molecule has 0 saturated carbocycles. The third-order valence-electron chi connectivity index (χ3n) is 6.03. The maximum atomic E-state index is 13.5. The van der Waals surface area contributed by atoms with E-state index in [1.165, 1.54) is 16.5 Å². The van der Waals surface area contributed by atoms with E-state index in [0.717, 1.165) is 43.2 Å². The van der Waals surface area contributed by atoms with Gasteiger partial charge < -0.3 is 4.90 Å². The van der Waals surface area contributed by atoms with Gasteiger partial charge in [0.2, 0.25) is 0 Å². The minimum atomic E-state index is 0.0419. The lowest BCUT2D eigenvalue weighted by molar-refractivity contribution is 0.0536. The summed E-state index contributed by atoms with van der Waals surface area (Å²) in [6.07, 6.45) is 9.00. The van der Waals surface area contributed by atoms with Gasteiger partial charge in [0.05, 0.1) is 0 Å². The fourth-order valence-electron chi connectivity index (χ4n) is 4.47. The highest BCUT2D eigenvalue weighted by Crippen LogP contribution is 2.38. The molecule has 0 N–H and O–H groups in total. The number of amides is 1. The van der Waals surface area contributed by atoms with E-state index in [-0.39, 0.29) is 17.4 Å². The molecule has 2 aromatic carbocycles. The Morgan fingerprint density at radius 3 is 2.41 bits per heavy atom. The van der Waals surface area contributed by atoms with Gasteiger partial charge in [-0.1, -0.05) is 63.3 Å². The van der Waals surface area contributed by atoms with Gasteiger partial charge in [-0.2, -0.15) is 0 Å². The number of hydrogen-bond acceptors (Lipinski definition) is 1. The summed E-state index contributed by atoms with van der Waals surface area (Å²) >= 11 is 0. The van der Waals surface area contributed by atoms with Crippen LogP contribution in [0.25, 0.3) is 10.8 Å². The van der Waals surface area contributed by atoms with Crippen molar-refractivity contribution < 1.29 is 4.79 Å². The molecule has 140 valence electrons. The number of allylic oxidation sites excluding steroid dienone is 2. The minimum absolute atomic E-state index is 0.0419. The van der Waals surface area contributed by atoms with Crippen LogP contribution in [0.3, 0.4) is 0 Å². The number of fused-ring (bicyclic) bond motifs is 2. The number of carbonyl (C=O) groups excluding carboxylic acids is 1. The van der Waals surface area contributed by atoms with Gasteiger partial charge >= 0.3 is 0 Å². The zero-order valence-corrected chi connectivity index (χ0v) is 16.7. The number of hydrogen-bond donors (Lipinski definition) is 0. The first kappa shape index (κ1) is 18.0. The summed E-state index contributed by atoms with van der Waals surface area (Å²) < 4.78 is 0. The first-order valence-electron chi connectivity index (χ1n) is 10.1. The van der Waals surface area contributed by atoms with Crippen LogP contribution in [0, 0.1) is 5.41 Å². The summed E-state index contributed by atoms with van der Waals surface area (Å²) in [4.78, 5) is 15.7. The second kappa shape index (κ2) is 6.99. The molecule has 1 saturated heterocycles. The predicted molar refractivity (Wildman–Crippen MR) is 113 cm³/mol. The Morgan fingerprint density at radius 2 is 1.67 bits per heavy atom. The highest BCUT2D eigenvalue weighted by molar-refractivity contribution is 5.98. The van der Waals surface area contributed by atoms with Gasteiger partial charge in [0.1, 0.15) is 0 Å². The van der Waals surface area contributed by atoms with Crippen LogP contribution in [-0.2, 0) is 0 Å². The summed E-state index contributed by atoms with van der Waals surface area (Å²) in [5.74, 6) is 0.167. The van der Waals surface area contributed by atoms with Crippen molar-refractivity contribution in [3.8, 4) is 0 Å². The molecule has 1 fully saturated rings. The number of carbonyl (C=O) groups is 1. The average Bonchev–Trinajstić information content (AvgIpc) is 2.87. The molecule has 2 nitrogen and oxygen atoms in total. The fraction of sp³-hybridized carbons (Fsp3) is 0.400. The second-order valence-electron chi connectivity index (χ2n) is 8.93. The Labute approximate surface area is 162 Å². The third-order valence-corrected chi connectivity index (χ3v) is 6.03. The van der Waals surface area contributed by atoms with Crippen molar-refractivity contribution in [2.75, 3.05) is 6.54 Å². The normalized spacial score (nSPS) is 20.6. The predicted octanol–water partition coefficient (Wildman–Crippen LogP) is 6.14. The smallest absolute Gasteiger partial charge is 0.254 e. The maximum absolute atomic E-state index is 13.5. The fourth-order valence-corrected chi connectivity index (χ4v) is 4.47. The molecule has 0 aromatic heterocycles.